The molecule has 6 heteroatoms. The summed E-state index contributed by atoms with van der Waals surface area (Å²) in [5.74, 6) is -1.28. The topological polar surface area (TPSA) is 69.9 Å². The summed E-state index contributed by atoms with van der Waals surface area (Å²) in [4.78, 5) is 25.3. The van der Waals surface area contributed by atoms with E-state index in [0.29, 0.717) is 26.2 Å². The molecule has 0 atom stereocenters. The summed E-state index contributed by atoms with van der Waals surface area (Å²) < 4.78 is 9.71. The van der Waals surface area contributed by atoms with Gasteiger partial charge in [0.2, 0.25) is 0 Å². The van der Waals surface area contributed by atoms with Gasteiger partial charge in [0.15, 0.2) is 5.57 Å². The van der Waals surface area contributed by atoms with Crippen LogP contribution in [-0.4, -0.2) is 56.2 Å². The Kier molecular flexibility index (Phi) is 6.21. The summed E-state index contributed by atoms with van der Waals surface area (Å²) in [6, 6.07) is 0. The van der Waals surface area contributed by atoms with Crippen molar-refractivity contribution in [3.05, 3.63) is 11.8 Å². The first kappa shape index (κ1) is 14.5. The van der Waals surface area contributed by atoms with Gasteiger partial charge in [-0.3, -0.25) is 0 Å². The molecule has 0 amide bonds. The van der Waals surface area contributed by atoms with Crippen molar-refractivity contribution in [1.82, 2.24) is 10.2 Å². The zero-order chi connectivity index (χ0) is 13.4. The van der Waals surface area contributed by atoms with Gasteiger partial charge in [0.05, 0.1) is 13.2 Å². The minimum Gasteiger partial charge on any atom is -0.462 e. The molecular weight excluding hydrogens is 236 g/mol. The molecule has 0 aromatic carbocycles. The molecule has 0 aliphatic carbocycles. The van der Waals surface area contributed by atoms with Crippen molar-refractivity contribution in [2.75, 3.05) is 39.4 Å². The Morgan fingerprint density at radius 2 is 1.61 bits per heavy atom. The molecule has 1 aliphatic rings. The second kappa shape index (κ2) is 7.71. The summed E-state index contributed by atoms with van der Waals surface area (Å²) >= 11 is 0. The quantitative estimate of drug-likeness (QED) is 0.297. The van der Waals surface area contributed by atoms with Crippen molar-refractivity contribution in [1.29, 1.82) is 0 Å². The Hall–Kier alpha value is -1.56. The molecule has 1 radical (unpaired) electrons. The van der Waals surface area contributed by atoms with E-state index in [1.807, 2.05) is 4.90 Å². The van der Waals surface area contributed by atoms with Crippen LogP contribution in [0.5, 0.6) is 0 Å². The minimum absolute atomic E-state index is 0.0550. The predicted octanol–water partition coefficient (Wildman–Crippen LogP) is -0.0835. The number of hydrogen-bond donors (Lipinski definition) is 0. The maximum Gasteiger partial charge on any atom is 0.347 e. The second-order valence-corrected chi connectivity index (χ2v) is 3.69. The Morgan fingerprint density at radius 1 is 1.11 bits per heavy atom. The maximum atomic E-state index is 11.7. The van der Waals surface area contributed by atoms with E-state index in [0.717, 1.165) is 0 Å². The van der Waals surface area contributed by atoms with Crippen LogP contribution in [0.1, 0.15) is 13.8 Å². The van der Waals surface area contributed by atoms with Crippen molar-refractivity contribution in [3.8, 4) is 0 Å². The molecule has 101 valence electrons. The van der Waals surface area contributed by atoms with Gasteiger partial charge in [0.1, 0.15) is 0 Å². The highest BCUT2D eigenvalue weighted by molar-refractivity contribution is 6.13. The van der Waals surface area contributed by atoms with Crippen LogP contribution in [0.25, 0.3) is 0 Å². The lowest BCUT2D eigenvalue weighted by Crippen LogP contribution is -2.38. The van der Waals surface area contributed by atoms with Crippen LogP contribution in [0.3, 0.4) is 0 Å². The molecule has 1 heterocycles. The molecule has 6 nitrogen and oxygen atoms in total. The molecule has 0 N–H and O–H groups in total. The summed E-state index contributed by atoms with van der Waals surface area (Å²) in [7, 11) is 0. The van der Waals surface area contributed by atoms with E-state index < -0.39 is 11.9 Å². The normalized spacial score (nSPS) is 14.9. The Balaban J connectivity index is 2.77. The zero-order valence-electron chi connectivity index (χ0n) is 10.8. The van der Waals surface area contributed by atoms with E-state index in [-0.39, 0.29) is 18.8 Å². The largest absolute Gasteiger partial charge is 0.462 e. The molecule has 1 saturated heterocycles. The van der Waals surface area contributed by atoms with Crippen molar-refractivity contribution in [2.24, 2.45) is 0 Å². The lowest BCUT2D eigenvalue weighted by Gasteiger charge is -2.25. The molecule has 0 saturated carbocycles. The highest BCUT2D eigenvalue weighted by atomic mass is 16.6. The van der Waals surface area contributed by atoms with E-state index >= 15 is 0 Å². The van der Waals surface area contributed by atoms with Gasteiger partial charge in [-0.05, 0) is 13.8 Å². The van der Waals surface area contributed by atoms with Gasteiger partial charge in [-0.25, -0.2) is 14.9 Å². The molecule has 18 heavy (non-hydrogen) atoms. The number of rotatable bonds is 5. The molecule has 1 aliphatic heterocycles. The Morgan fingerprint density at radius 3 is 2.06 bits per heavy atom. The number of hydrogen-bond acceptors (Lipinski definition) is 5. The molecule has 0 spiro atoms. The van der Waals surface area contributed by atoms with Crippen LogP contribution >= 0.6 is 0 Å². The van der Waals surface area contributed by atoms with Gasteiger partial charge in [-0.1, -0.05) is 0 Å². The SMILES string of the molecule is CCOC(=O)C(=CN1CC[N]CC1)C(=O)OCC. The lowest BCUT2D eigenvalue weighted by atomic mass is 10.2. The number of esters is 2. The van der Waals surface area contributed by atoms with Crippen LogP contribution in [0.2, 0.25) is 0 Å². The summed E-state index contributed by atoms with van der Waals surface area (Å²) in [6.45, 7) is 6.65. The second-order valence-electron chi connectivity index (χ2n) is 3.69. The third kappa shape index (κ3) is 4.37. The molecule has 0 unspecified atom stereocenters. The van der Waals surface area contributed by atoms with Gasteiger partial charge in [-0.15, -0.1) is 0 Å². The number of carbonyl (C=O) groups excluding carboxylic acids is 2. The van der Waals surface area contributed by atoms with Crippen LogP contribution < -0.4 is 5.32 Å². The molecular formula is C12H19N2O4. The fraction of sp³-hybridized carbons (Fsp3) is 0.667. The third-order valence-corrected chi connectivity index (χ3v) is 2.39. The fourth-order valence-electron chi connectivity index (χ4n) is 1.54. The van der Waals surface area contributed by atoms with Gasteiger partial charge in [0.25, 0.3) is 0 Å². The summed E-state index contributed by atoms with van der Waals surface area (Å²) in [5, 5.41) is 4.19. The average molecular weight is 255 g/mol. The molecule has 0 aromatic rings. The standard InChI is InChI=1S/C12H19N2O4/c1-3-17-11(15)10(12(16)18-4-2)9-14-7-5-13-6-8-14/h9H,3-8H2,1-2H3. The van der Waals surface area contributed by atoms with E-state index in [1.54, 1.807) is 13.8 Å². The van der Waals surface area contributed by atoms with Crippen molar-refractivity contribution < 1.29 is 19.1 Å². The van der Waals surface area contributed by atoms with Crippen LogP contribution in [0, 0.1) is 0 Å². The first-order valence-corrected chi connectivity index (χ1v) is 6.12. The summed E-state index contributed by atoms with van der Waals surface area (Å²) in [6.07, 6.45) is 1.52. The van der Waals surface area contributed by atoms with Crippen LogP contribution in [0.4, 0.5) is 0 Å². The van der Waals surface area contributed by atoms with Crippen molar-refractivity contribution in [3.63, 3.8) is 0 Å². The van der Waals surface area contributed by atoms with Crippen LogP contribution in [0.15, 0.2) is 11.8 Å². The number of piperazine rings is 1. The van der Waals surface area contributed by atoms with E-state index in [9.17, 15) is 9.59 Å². The monoisotopic (exact) mass is 255 g/mol. The first-order valence-electron chi connectivity index (χ1n) is 6.12. The number of ether oxygens (including phenoxy) is 2. The molecule has 1 fully saturated rings. The zero-order valence-corrected chi connectivity index (χ0v) is 10.8. The van der Waals surface area contributed by atoms with E-state index in [4.69, 9.17) is 9.47 Å². The van der Waals surface area contributed by atoms with Gasteiger partial charge < -0.3 is 14.4 Å². The molecule has 0 bridgehead atoms. The fourth-order valence-corrected chi connectivity index (χ4v) is 1.54. The Bertz CT molecular complexity index is 302. The van der Waals surface area contributed by atoms with Gasteiger partial charge in [0, 0.05) is 32.4 Å². The van der Waals surface area contributed by atoms with Gasteiger partial charge >= 0.3 is 11.9 Å². The van der Waals surface area contributed by atoms with E-state index in [1.165, 1.54) is 6.20 Å². The van der Waals surface area contributed by atoms with Crippen LogP contribution in [-0.2, 0) is 19.1 Å². The van der Waals surface area contributed by atoms with Gasteiger partial charge in [-0.2, -0.15) is 0 Å². The molecule has 1 rings (SSSR count). The predicted molar refractivity (Wildman–Crippen MR) is 64.8 cm³/mol. The van der Waals surface area contributed by atoms with Crippen molar-refractivity contribution in [2.45, 2.75) is 13.8 Å². The highest BCUT2D eigenvalue weighted by Gasteiger charge is 2.22. The Labute approximate surface area is 107 Å². The molecule has 0 aromatic heterocycles. The van der Waals surface area contributed by atoms with Crippen molar-refractivity contribution >= 4 is 11.9 Å². The summed E-state index contributed by atoms with van der Waals surface area (Å²) in [5.41, 5.74) is -0.0550. The third-order valence-electron chi connectivity index (χ3n) is 2.39. The minimum atomic E-state index is -0.640. The average Bonchev–Trinajstić information content (AvgIpc) is 2.37. The highest BCUT2D eigenvalue weighted by Crippen LogP contribution is 2.06. The smallest absolute Gasteiger partial charge is 0.347 e. The van der Waals surface area contributed by atoms with E-state index in [2.05, 4.69) is 5.32 Å². The first-order chi connectivity index (χ1) is 8.69. The number of carbonyl (C=O) groups is 2. The lowest BCUT2D eigenvalue weighted by molar-refractivity contribution is -0.146. The maximum absolute atomic E-state index is 11.7. The number of nitrogens with zero attached hydrogens (tertiary/aromatic N) is 2.